The summed E-state index contributed by atoms with van der Waals surface area (Å²) in [4.78, 5) is 0. The summed E-state index contributed by atoms with van der Waals surface area (Å²) in [6, 6.07) is 7.83. The number of H-pyrrole nitrogens is 1. The lowest BCUT2D eigenvalue weighted by Gasteiger charge is -2.21. The summed E-state index contributed by atoms with van der Waals surface area (Å²) >= 11 is 5.23. The molecule has 1 N–H and O–H groups in total. The number of aromatic amines is 1. The molecule has 0 radical (unpaired) electrons. The number of aromatic nitrogens is 3. The van der Waals surface area contributed by atoms with Gasteiger partial charge in [-0.05, 0) is 69.2 Å². The Morgan fingerprint density at radius 2 is 2.00 bits per heavy atom. The zero-order chi connectivity index (χ0) is 16.9. The number of hydrogen-bond acceptors (Lipinski definition) is 4. The van der Waals surface area contributed by atoms with Crippen LogP contribution in [0.1, 0.15) is 51.9 Å². The lowest BCUT2D eigenvalue weighted by molar-refractivity contribution is 0.131. The van der Waals surface area contributed by atoms with Crippen molar-refractivity contribution < 1.29 is 4.74 Å². The zero-order valence-electron chi connectivity index (χ0n) is 14.2. The first-order valence-corrected chi connectivity index (χ1v) is 8.29. The summed E-state index contributed by atoms with van der Waals surface area (Å²) in [6.45, 7) is 8.23. The van der Waals surface area contributed by atoms with E-state index in [0.717, 1.165) is 36.4 Å². The van der Waals surface area contributed by atoms with Gasteiger partial charge in [0.2, 0.25) is 4.77 Å². The van der Waals surface area contributed by atoms with Gasteiger partial charge in [0.15, 0.2) is 5.82 Å². The van der Waals surface area contributed by atoms with Gasteiger partial charge in [0, 0.05) is 6.42 Å². The smallest absolute Gasteiger partial charge is 0.216 e. The maximum atomic E-state index is 5.81. The van der Waals surface area contributed by atoms with Crippen LogP contribution in [0.3, 0.4) is 0 Å². The number of unbranched alkanes of at least 4 members (excludes halogenated alkanes) is 1. The van der Waals surface area contributed by atoms with E-state index in [4.69, 9.17) is 17.0 Å². The van der Waals surface area contributed by atoms with Crippen molar-refractivity contribution in [2.75, 3.05) is 0 Å². The molecule has 5 nitrogen and oxygen atoms in total. The maximum absolute atomic E-state index is 5.81. The molecular weight excluding hydrogens is 308 g/mol. The Bertz CT molecular complexity index is 707. The van der Waals surface area contributed by atoms with Gasteiger partial charge in [-0.1, -0.05) is 13.3 Å². The van der Waals surface area contributed by atoms with E-state index < -0.39 is 0 Å². The normalized spacial score (nSPS) is 12.0. The van der Waals surface area contributed by atoms with E-state index >= 15 is 0 Å². The van der Waals surface area contributed by atoms with Crippen molar-refractivity contribution in [2.45, 2.75) is 52.6 Å². The van der Waals surface area contributed by atoms with Crippen molar-refractivity contribution in [3.63, 3.8) is 0 Å². The third-order valence-electron chi connectivity index (χ3n) is 3.10. The summed E-state index contributed by atoms with van der Waals surface area (Å²) < 4.78 is 8.01. The standard InChI is InChI=1S/C17H24N4OS/c1-5-6-7-15-19-20-16(23)21(15)18-12-13-8-10-14(11-9-13)22-17(2,3)4/h8-12H,5-7H2,1-4H3,(H,20,23)/b18-12-. The van der Waals surface area contributed by atoms with E-state index in [1.165, 1.54) is 0 Å². The average molecular weight is 332 g/mol. The monoisotopic (exact) mass is 332 g/mol. The Morgan fingerprint density at radius 1 is 1.30 bits per heavy atom. The third kappa shape index (κ3) is 5.32. The highest BCUT2D eigenvalue weighted by molar-refractivity contribution is 7.71. The Balaban J connectivity index is 2.11. The molecule has 1 heterocycles. The van der Waals surface area contributed by atoms with Gasteiger partial charge in [-0.15, -0.1) is 0 Å². The van der Waals surface area contributed by atoms with Crippen LogP contribution in [-0.2, 0) is 6.42 Å². The molecule has 0 unspecified atom stereocenters. The van der Waals surface area contributed by atoms with Crippen molar-refractivity contribution in [1.29, 1.82) is 0 Å². The molecule has 0 amide bonds. The first kappa shape index (κ1) is 17.4. The van der Waals surface area contributed by atoms with E-state index in [1.807, 2.05) is 45.0 Å². The average Bonchev–Trinajstić information content (AvgIpc) is 2.83. The molecule has 0 aliphatic carbocycles. The molecule has 2 aromatic rings. The minimum Gasteiger partial charge on any atom is -0.488 e. The fraction of sp³-hybridized carbons (Fsp3) is 0.471. The molecule has 0 aliphatic rings. The number of ether oxygens (including phenoxy) is 1. The quantitative estimate of drug-likeness (QED) is 0.632. The lowest BCUT2D eigenvalue weighted by Crippen LogP contribution is -2.22. The van der Waals surface area contributed by atoms with Gasteiger partial charge in [-0.25, -0.2) is 0 Å². The minimum atomic E-state index is -0.201. The summed E-state index contributed by atoms with van der Waals surface area (Å²) in [7, 11) is 0. The van der Waals surface area contributed by atoms with E-state index in [1.54, 1.807) is 10.9 Å². The van der Waals surface area contributed by atoms with Gasteiger partial charge in [0.05, 0.1) is 6.21 Å². The third-order valence-corrected chi connectivity index (χ3v) is 3.36. The molecule has 0 saturated carbocycles. The second kappa shape index (κ2) is 7.55. The molecular formula is C17H24N4OS. The summed E-state index contributed by atoms with van der Waals surface area (Å²) in [5.41, 5.74) is 0.781. The van der Waals surface area contributed by atoms with E-state index in [-0.39, 0.29) is 5.60 Å². The Hall–Kier alpha value is -1.95. The van der Waals surface area contributed by atoms with Crippen molar-refractivity contribution in [2.24, 2.45) is 5.10 Å². The number of nitrogens with one attached hydrogen (secondary N) is 1. The number of benzene rings is 1. The summed E-state index contributed by atoms with van der Waals surface area (Å²) in [6.07, 6.45) is 4.81. The Kier molecular flexibility index (Phi) is 5.71. The van der Waals surface area contributed by atoms with Crippen LogP contribution in [0, 0.1) is 4.77 Å². The molecule has 6 heteroatoms. The molecule has 0 fully saturated rings. The Labute approximate surface area is 142 Å². The molecule has 0 bridgehead atoms. The number of hydrogen-bond donors (Lipinski definition) is 1. The van der Waals surface area contributed by atoms with Crippen LogP contribution in [0.5, 0.6) is 5.75 Å². The molecule has 2 rings (SSSR count). The SMILES string of the molecule is CCCCc1n[nH]c(=S)n1/N=C\c1ccc(OC(C)(C)C)cc1. The van der Waals surface area contributed by atoms with Crippen LogP contribution >= 0.6 is 12.2 Å². The highest BCUT2D eigenvalue weighted by Crippen LogP contribution is 2.18. The number of rotatable bonds is 6. The van der Waals surface area contributed by atoms with Gasteiger partial charge < -0.3 is 4.74 Å². The predicted molar refractivity (Wildman–Crippen MR) is 95.8 cm³/mol. The molecule has 1 aromatic carbocycles. The lowest BCUT2D eigenvalue weighted by atomic mass is 10.2. The first-order valence-electron chi connectivity index (χ1n) is 7.89. The van der Waals surface area contributed by atoms with Crippen LogP contribution in [0.2, 0.25) is 0 Å². The van der Waals surface area contributed by atoms with Crippen LogP contribution in [0.4, 0.5) is 0 Å². The molecule has 1 aromatic heterocycles. The molecule has 0 atom stereocenters. The van der Waals surface area contributed by atoms with Gasteiger partial charge in [0.1, 0.15) is 11.4 Å². The molecule has 23 heavy (non-hydrogen) atoms. The van der Waals surface area contributed by atoms with E-state index in [2.05, 4.69) is 22.2 Å². The van der Waals surface area contributed by atoms with Crippen molar-refractivity contribution in [3.8, 4) is 5.75 Å². The number of aryl methyl sites for hydroxylation is 1. The second-order valence-corrected chi connectivity index (χ2v) is 6.78. The van der Waals surface area contributed by atoms with Gasteiger partial charge in [-0.2, -0.15) is 14.9 Å². The largest absolute Gasteiger partial charge is 0.488 e. The second-order valence-electron chi connectivity index (χ2n) is 6.39. The first-order chi connectivity index (χ1) is 10.9. The molecule has 124 valence electrons. The topological polar surface area (TPSA) is 55.2 Å². The van der Waals surface area contributed by atoms with Crippen LogP contribution in [0.15, 0.2) is 29.4 Å². The van der Waals surface area contributed by atoms with Crippen molar-refractivity contribution in [1.82, 2.24) is 14.9 Å². The van der Waals surface area contributed by atoms with Crippen molar-refractivity contribution in [3.05, 3.63) is 40.4 Å². The number of nitrogens with zero attached hydrogens (tertiary/aromatic N) is 3. The fourth-order valence-corrected chi connectivity index (χ4v) is 2.24. The fourth-order valence-electron chi connectivity index (χ4n) is 2.04. The Morgan fingerprint density at radius 3 is 2.61 bits per heavy atom. The molecule has 0 spiro atoms. The van der Waals surface area contributed by atoms with Gasteiger partial charge in [-0.3, -0.25) is 5.10 Å². The van der Waals surface area contributed by atoms with Crippen LogP contribution in [0.25, 0.3) is 0 Å². The predicted octanol–water partition coefficient (Wildman–Crippen LogP) is 4.34. The maximum Gasteiger partial charge on any atom is 0.216 e. The summed E-state index contributed by atoms with van der Waals surface area (Å²) in [5.74, 6) is 1.71. The zero-order valence-corrected chi connectivity index (χ0v) is 15.0. The van der Waals surface area contributed by atoms with Crippen molar-refractivity contribution >= 4 is 18.4 Å². The minimum absolute atomic E-state index is 0.201. The van der Waals surface area contributed by atoms with E-state index in [0.29, 0.717) is 4.77 Å². The van der Waals surface area contributed by atoms with Gasteiger partial charge in [0.25, 0.3) is 0 Å². The highest BCUT2D eigenvalue weighted by Gasteiger charge is 2.11. The van der Waals surface area contributed by atoms with E-state index in [9.17, 15) is 0 Å². The van der Waals surface area contributed by atoms with Gasteiger partial charge >= 0.3 is 0 Å². The van der Waals surface area contributed by atoms with Crippen LogP contribution in [-0.4, -0.2) is 26.7 Å². The van der Waals surface area contributed by atoms with Crippen LogP contribution < -0.4 is 4.74 Å². The summed E-state index contributed by atoms with van der Waals surface area (Å²) in [5, 5.41) is 11.5. The molecule has 0 saturated heterocycles. The molecule has 0 aliphatic heterocycles. The highest BCUT2D eigenvalue weighted by atomic mass is 32.1.